The number of carbonyl (C=O) groups excluding carboxylic acids is 9. The topological polar surface area (TPSA) is 502 Å². The lowest BCUT2D eigenvalue weighted by Gasteiger charge is -2.29. The highest BCUT2D eigenvalue weighted by Gasteiger charge is 2.39. The molecule has 10 atom stereocenters. The number of unbranched alkanes of at least 4 members (excludes halogenated alkanes) is 2. The third-order valence-electron chi connectivity index (χ3n) is 13.3. The molecule has 0 spiro atoms. The van der Waals surface area contributed by atoms with Crippen LogP contribution in [0.25, 0.3) is 0 Å². The molecule has 1 saturated heterocycles. The van der Waals surface area contributed by atoms with Crippen LogP contribution in [0.1, 0.15) is 109 Å². The van der Waals surface area contributed by atoms with E-state index in [1.165, 1.54) is 50.2 Å². The Morgan fingerprint density at radius 3 is 1.65 bits per heavy atom. The first-order valence-electron chi connectivity index (χ1n) is 27.4. The second kappa shape index (κ2) is 35.4. The van der Waals surface area contributed by atoms with Crippen molar-refractivity contribution in [3.8, 4) is 5.75 Å². The number of phenolic OH excluding ortho intramolecular Hbond substituents is 1. The van der Waals surface area contributed by atoms with Crippen molar-refractivity contribution in [2.75, 3.05) is 19.7 Å². The van der Waals surface area contributed by atoms with E-state index in [4.69, 9.17) is 33.4 Å². The molecule has 3 rings (SSSR count). The van der Waals surface area contributed by atoms with Gasteiger partial charge in [0.25, 0.3) is 5.69 Å². The van der Waals surface area contributed by atoms with Gasteiger partial charge in [-0.25, -0.2) is 0 Å². The van der Waals surface area contributed by atoms with Crippen LogP contribution in [0, 0.1) is 10.1 Å². The highest BCUT2D eigenvalue weighted by molar-refractivity contribution is 5.98. The number of hydrogen-bond donors (Lipinski definition) is 15. The fraction of sp³-hybridized carbons (Fsp3) is 0.566. The number of primary amides is 1. The van der Waals surface area contributed by atoms with Gasteiger partial charge in [0.2, 0.25) is 53.2 Å². The Balaban J connectivity index is 2.03. The lowest BCUT2D eigenvalue weighted by molar-refractivity contribution is -0.384. The first-order valence-corrected chi connectivity index (χ1v) is 27.4. The van der Waals surface area contributed by atoms with Gasteiger partial charge in [0, 0.05) is 44.5 Å². The van der Waals surface area contributed by atoms with Gasteiger partial charge in [-0.3, -0.25) is 63.1 Å². The molecule has 0 aliphatic carbocycles. The number of nitrogens with one attached hydrogen (secondary N) is 8. The van der Waals surface area contributed by atoms with E-state index < -0.39 is 144 Å². The number of nitrogens with zero attached hydrogens (tertiary/aromatic N) is 2. The van der Waals surface area contributed by atoms with Crippen molar-refractivity contribution in [1.82, 2.24) is 42.5 Å². The maximum atomic E-state index is 14.8. The molecule has 30 nitrogen and oxygen atoms in total. The summed E-state index contributed by atoms with van der Waals surface area (Å²) in [6.45, 7) is 5.13. The number of aliphatic imine (C=N–C) groups is 1. The predicted octanol–water partition coefficient (Wildman–Crippen LogP) is -2.77. The number of nitro benzene ring substituents is 1. The second-order valence-electron chi connectivity index (χ2n) is 20.1. The number of carbonyl (C=O) groups is 10. The lowest BCUT2D eigenvalue weighted by Crippen LogP contribution is -2.62. The molecule has 1 unspecified atom stereocenters. The van der Waals surface area contributed by atoms with Crippen molar-refractivity contribution in [1.29, 1.82) is 0 Å². The minimum atomic E-state index is -1.69. The fourth-order valence-electron chi connectivity index (χ4n) is 8.53. The SMILES string of the molecule is CCCC[C@H](NC(=O)[C@H](C)NC(=O)[C@H](CCC(=O)O)NC(=O)[C@H](Cc1ccc([N+](=O)[O-])cc1)NC(=O)[C@H](Cc1ccc(O)cc1)NC(=O)[C@@H](NC(=O)[C@H](CCCN=C(N)N)NC(=O)[C@H](C)NC(=O)[C@@H](N)CCCCN)C1CCCO1)C(N)=O. The molecule has 1 aliphatic rings. The van der Waals surface area contributed by atoms with E-state index in [1.807, 2.05) is 6.92 Å². The minimum Gasteiger partial charge on any atom is -0.508 e. The van der Waals surface area contributed by atoms with Gasteiger partial charge in [-0.05, 0) is 95.0 Å². The number of guanidine groups is 1. The second-order valence-corrected chi connectivity index (χ2v) is 20.1. The zero-order chi connectivity index (χ0) is 61.8. The summed E-state index contributed by atoms with van der Waals surface area (Å²) < 4.78 is 5.88. The molecule has 2 aromatic carbocycles. The van der Waals surface area contributed by atoms with E-state index in [9.17, 15) is 68.3 Å². The van der Waals surface area contributed by atoms with Crippen LogP contribution in [0.5, 0.6) is 5.75 Å². The van der Waals surface area contributed by atoms with Crippen LogP contribution in [-0.4, -0.2) is 160 Å². The molecule has 0 saturated carbocycles. The molecule has 0 radical (unpaired) electrons. The number of hydrogen-bond acceptors (Lipinski definition) is 17. The summed E-state index contributed by atoms with van der Waals surface area (Å²) in [6, 6.07) is -2.02. The molecule has 1 fully saturated rings. The number of nitrogens with two attached hydrogens (primary N) is 5. The van der Waals surface area contributed by atoms with Crippen LogP contribution in [0.15, 0.2) is 53.5 Å². The number of ether oxygens (including phenoxy) is 1. The number of non-ortho nitro benzene ring substituents is 1. The average Bonchev–Trinajstić information content (AvgIpc) is 4.23. The zero-order valence-electron chi connectivity index (χ0n) is 46.9. The van der Waals surface area contributed by atoms with Gasteiger partial charge < -0.3 is 86.2 Å². The van der Waals surface area contributed by atoms with E-state index in [2.05, 4.69) is 47.5 Å². The lowest BCUT2D eigenvalue weighted by atomic mass is 10.00. The molecular formula is C53H81N15O15. The van der Waals surface area contributed by atoms with Crippen molar-refractivity contribution in [2.24, 2.45) is 33.7 Å². The average molecular weight is 1170 g/mol. The Hall–Kier alpha value is -8.51. The Morgan fingerprint density at radius 2 is 1.13 bits per heavy atom. The van der Waals surface area contributed by atoms with Gasteiger partial charge in [0.15, 0.2) is 5.96 Å². The Kier molecular flexibility index (Phi) is 29.3. The molecule has 30 heteroatoms. The molecule has 458 valence electrons. The van der Waals surface area contributed by atoms with E-state index in [0.717, 1.165) is 12.1 Å². The van der Waals surface area contributed by atoms with Crippen molar-refractivity contribution in [3.63, 3.8) is 0 Å². The molecule has 20 N–H and O–H groups in total. The van der Waals surface area contributed by atoms with Gasteiger partial charge in [-0.15, -0.1) is 0 Å². The quantitative estimate of drug-likeness (QED) is 0.0107. The van der Waals surface area contributed by atoms with Crippen molar-refractivity contribution < 1.29 is 67.8 Å². The normalized spacial score (nSPS) is 16.0. The van der Waals surface area contributed by atoms with Crippen molar-refractivity contribution in [2.45, 2.75) is 171 Å². The number of phenols is 1. The third kappa shape index (κ3) is 24.6. The maximum absolute atomic E-state index is 14.8. The minimum absolute atomic E-state index is 0.0340. The molecule has 9 amide bonds. The molecule has 83 heavy (non-hydrogen) atoms. The summed E-state index contributed by atoms with van der Waals surface area (Å²) in [6.07, 6.45) is 0.778. The van der Waals surface area contributed by atoms with E-state index in [0.29, 0.717) is 50.6 Å². The summed E-state index contributed by atoms with van der Waals surface area (Å²) >= 11 is 0. The van der Waals surface area contributed by atoms with Gasteiger partial charge >= 0.3 is 5.97 Å². The number of aromatic hydroxyl groups is 1. The van der Waals surface area contributed by atoms with Crippen LogP contribution < -0.4 is 71.2 Å². The monoisotopic (exact) mass is 1170 g/mol. The molecule has 0 aromatic heterocycles. The van der Waals surface area contributed by atoms with Crippen molar-refractivity contribution >= 4 is 70.8 Å². The number of nitro groups is 1. The van der Waals surface area contributed by atoms with Crippen LogP contribution >= 0.6 is 0 Å². The van der Waals surface area contributed by atoms with E-state index in [1.54, 1.807) is 0 Å². The molecular weight excluding hydrogens is 1090 g/mol. The van der Waals surface area contributed by atoms with Gasteiger partial charge in [0.1, 0.15) is 54.1 Å². The number of rotatable bonds is 37. The molecule has 1 heterocycles. The molecule has 0 bridgehead atoms. The largest absolute Gasteiger partial charge is 0.508 e. The highest BCUT2D eigenvalue weighted by Crippen LogP contribution is 2.19. The summed E-state index contributed by atoms with van der Waals surface area (Å²) in [5.74, 6) is -9.76. The van der Waals surface area contributed by atoms with Crippen LogP contribution in [-0.2, 0) is 65.5 Å². The number of carboxylic acids is 1. The van der Waals surface area contributed by atoms with Gasteiger partial charge in [-0.1, -0.05) is 50.5 Å². The zero-order valence-corrected chi connectivity index (χ0v) is 46.9. The highest BCUT2D eigenvalue weighted by atomic mass is 16.6. The first-order chi connectivity index (χ1) is 39.3. The van der Waals surface area contributed by atoms with Crippen LogP contribution in [0.3, 0.4) is 0 Å². The first kappa shape index (κ1) is 68.8. The summed E-state index contributed by atoms with van der Waals surface area (Å²) in [4.78, 5) is 150. The summed E-state index contributed by atoms with van der Waals surface area (Å²) in [5, 5.41) is 51.6. The predicted molar refractivity (Wildman–Crippen MR) is 301 cm³/mol. The standard InChI is InChI=1S/C53H81N15O15/c1-4-5-11-36(44(56)72)62-45(73)30(3)61-48(76)38(22-23-42(70)71)64-50(78)39(27-31-14-18-33(19-15-31)68(81)82)65-51(79)40(28-32-16-20-34(69)21-17-32)66-52(80)43(41-13-9-26-83-41)67-49(77)37(12-8-25-59-53(57)58)63-46(74)29(2)60-47(75)35(55)10-6-7-24-54/h14-21,29-30,35-41,43,69H,4-13,22-28,54-55H2,1-3H3,(H2,56,72)(H,60,75)(H,61,76)(H,62,73)(H,63,74)(H,64,78)(H,65,79)(H,66,80)(H,67,77)(H,70,71)(H4,57,58,59)/t29-,30-,35-,36-,37-,38-,39-,40-,41?,43-/m0/s1. The number of aliphatic carboxylic acids is 1. The summed E-state index contributed by atoms with van der Waals surface area (Å²) in [7, 11) is 0. The number of amides is 9. The van der Waals surface area contributed by atoms with Gasteiger partial charge in [0.05, 0.1) is 17.1 Å². The third-order valence-corrected chi connectivity index (χ3v) is 13.3. The number of carboxylic acid groups (broad SMARTS) is 1. The van der Waals surface area contributed by atoms with E-state index >= 15 is 0 Å². The van der Waals surface area contributed by atoms with Crippen molar-refractivity contribution in [3.05, 3.63) is 69.8 Å². The Bertz CT molecular complexity index is 2560. The van der Waals surface area contributed by atoms with E-state index in [-0.39, 0.29) is 68.2 Å². The fourth-order valence-corrected chi connectivity index (χ4v) is 8.53. The molecule has 1 aliphatic heterocycles. The number of benzene rings is 2. The Labute approximate surface area is 479 Å². The van der Waals surface area contributed by atoms with Crippen LogP contribution in [0.4, 0.5) is 5.69 Å². The van der Waals surface area contributed by atoms with Crippen LogP contribution in [0.2, 0.25) is 0 Å². The molecule has 2 aromatic rings. The smallest absolute Gasteiger partial charge is 0.303 e. The summed E-state index contributed by atoms with van der Waals surface area (Å²) in [5.41, 5.74) is 28.4. The van der Waals surface area contributed by atoms with Gasteiger partial charge in [-0.2, -0.15) is 0 Å². The Morgan fingerprint density at radius 1 is 0.639 bits per heavy atom. The maximum Gasteiger partial charge on any atom is 0.303 e.